The van der Waals surface area contributed by atoms with Crippen LogP contribution in [0.3, 0.4) is 0 Å². The first-order chi connectivity index (χ1) is 13.0. The van der Waals surface area contributed by atoms with E-state index in [1.807, 2.05) is 12.1 Å². The number of carbonyl (C=O) groups excluding carboxylic acids is 1. The minimum Gasteiger partial charge on any atom is -0.390 e. The third kappa shape index (κ3) is 3.49. The average Bonchev–Trinajstić information content (AvgIpc) is 2.60. The molecule has 4 nitrogen and oxygen atoms in total. The van der Waals surface area contributed by atoms with E-state index in [4.69, 9.17) is 0 Å². The van der Waals surface area contributed by atoms with E-state index in [0.717, 1.165) is 50.9 Å². The highest BCUT2D eigenvalue weighted by Gasteiger charge is 2.57. The Kier molecular flexibility index (Phi) is 4.23. The number of nitrogens with zero attached hydrogens (tertiary/aromatic N) is 1. The summed E-state index contributed by atoms with van der Waals surface area (Å²) >= 11 is 0. The molecular weight excluding hydrogens is 336 g/mol. The summed E-state index contributed by atoms with van der Waals surface area (Å²) in [4.78, 5) is 15.2. The molecule has 5 aliphatic rings. The van der Waals surface area contributed by atoms with E-state index < -0.39 is 5.60 Å². The molecule has 1 saturated heterocycles. The first-order valence-electron chi connectivity index (χ1n) is 10.9. The summed E-state index contributed by atoms with van der Waals surface area (Å²) in [5.74, 6) is 1.38. The smallest absolute Gasteiger partial charge is 0.224 e. The fourth-order valence-corrected chi connectivity index (χ4v) is 7.06. The maximum absolute atomic E-state index is 12.8. The second-order valence-corrected chi connectivity index (χ2v) is 10.0. The van der Waals surface area contributed by atoms with Crippen molar-refractivity contribution in [1.82, 2.24) is 0 Å². The second kappa shape index (κ2) is 6.51. The molecule has 0 radical (unpaired) electrons. The van der Waals surface area contributed by atoms with Gasteiger partial charge in [-0.25, -0.2) is 0 Å². The van der Waals surface area contributed by atoms with Crippen LogP contribution in [-0.4, -0.2) is 29.7 Å². The topological polar surface area (TPSA) is 52.6 Å². The summed E-state index contributed by atoms with van der Waals surface area (Å²) in [6, 6.07) is 8.34. The fourth-order valence-electron chi connectivity index (χ4n) is 7.06. The largest absolute Gasteiger partial charge is 0.390 e. The third-order valence-electron chi connectivity index (χ3n) is 7.56. The Labute approximate surface area is 162 Å². The van der Waals surface area contributed by atoms with Crippen LogP contribution in [0.15, 0.2) is 24.3 Å². The summed E-state index contributed by atoms with van der Waals surface area (Å²) in [5, 5.41) is 14.0. The van der Waals surface area contributed by atoms with Gasteiger partial charge in [-0.1, -0.05) is 0 Å². The Morgan fingerprint density at radius 1 is 1.04 bits per heavy atom. The number of hydrogen-bond donors (Lipinski definition) is 2. The molecule has 146 valence electrons. The van der Waals surface area contributed by atoms with Crippen LogP contribution in [0.4, 0.5) is 11.4 Å². The molecule has 4 heteroatoms. The molecule has 0 aromatic heterocycles. The summed E-state index contributed by atoms with van der Waals surface area (Å²) in [7, 11) is 0. The molecule has 4 bridgehead atoms. The lowest BCUT2D eigenvalue weighted by atomic mass is 9.47. The molecule has 0 spiro atoms. The maximum atomic E-state index is 12.8. The Hall–Kier alpha value is -1.55. The van der Waals surface area contributed by atoms with Crippen molar-refractivity contribution in [2.75, 3.05) is 23.3 Å². The zero-order chi connectivity index (χ0) is 18.5. The van der Waals surface area contributed by atoms with Gasteiger partial charge in [0.15, 0.2) is 0 Å². The lowest BCUT2D eigenvalue weighted by Gasteiger charge is -2.60. The molecule has 1 aromatic rings. The molecule has 5 fully saturated rings. The number of nitrogens with one attached hydrogen (secondary N) is 1. The number of aliphatic hydroxyl groups is 1. The van der Waals surface area contributed by atoms with Crippen molar-refractivity contribution >= 4 is 17.3 Å². The molecule has 2 unspecified atom stereocenters. The fraction of sp³-hybridized carbons (Fsp3) is 0.696. The molecule has 6 rings (SSSR count). The van der Waals surface area contributed by atoms with Gasteiger partial charge in [0.25, 0.3) is 0 Å². The van der Waals surface area contributed by atoms with E-state index in [-0.39, 0.29) is 11.3 Å². The van der Waals surface area contributed by atoms with Crippen LogP contribution in [0.5, 0.6) is 0 Å². The first-order valence-corrected chi connectivity index (χ1v) is 10.9. The van der Waals surface area contributed by atoms with Crippen LogP contribution in [-0.2, 0) is 4.79 Å². The minimum atomic E-state index is -0.486. The monoisotopic (exact) mass is 368 g/mol. The predicted octanol–water partition coefficient (Wildman–Crippen LogP) is 4.34. The van der Waals surface area contributed by atoms with Crippen LogP contribution in [0.2, 0.25) is 0 Å². The summed E-state index contributed by atoms with van der Waals surface area (Å²) < 4.78 is 0. The van der Waals surface area contributed by atoms with Gasteiger partial charge in [0.2, 0.25) is 5.91 Å². The quantitative estimate of drug-likeness (QED) is 0.831. The van der Waals surface area contributed by atoms with Gasteiger partial charge in [-0.15, -0.1) is 0 Å². The Morgan fingerprint density at radius 3 is 2.33 bits per heavy atom. The lowest BCUT2D eigenvalue weighted by molar-refractivity contribution is -0.167. The van der Waals surface area contributed by atoms with E-state index in [1.54, 1.807) is 0 Å². The van der Waals surface area contributed by atoms with Crippen molar-refractivity contribution in [3.8, 4) is 0 Å². The zero-order valence-corrected chi connectivity index (χ0v) is 16.3. The maximum Gasteiger partial charge on any atom is 0.224 e. The standard InChI is InChI=1S/C23H32N2O2/c26-21(15-22-11-17-10-18(12-22)14-23(27,13-17)16-22)24-19-4-6-20(7-5-19)25-8-2-1-3-9-25/h4-7,17-18,27H,1-3,8-16H2,(H,24,26). The van der Waals surface area contributed by atoms with Gasteiger partial charge in [0.1, 0.15) is 0 Å². The highest BCUT2D eigenvalue weighted by atomic mass is 16.3. The molecule has 1 aromatic carbocycles. The van der Waals surface area contributed by atoms with Gasteiger partial charge in [0.05, 0.1) is 5.60 Å². The summed E-state index contributed by atoms with van der Waals surface area (Å²) in [6.45, 7) is 2.28. The van der Waals surface area contributed by atoms with Crippen molar-refractivity contribution in [2.45, 2.75) is 69.8 Å². The SMILES string of the molecule is O=C(CC12CC3CC(CC(O)(C3)C1)C2)Nc1ccc(N2CCCCC2)cc1. The molecule has 2 atom stereocenters. The highest BCUT2D eigenvalue weighted by Crippen LogP contribution is 2.62. The average molecular weight is 369 g/mol. The number of amides is 1. The van der Waals surface area contributed by atoms with E-state index >= 15 is 0 Å². The number of rotatable bonds is 4. The van der Waals surface area contributed by atoms with Gasteiger partial charge < -0.3 is 15.3 Å². The number of carbonyl (C=O) groups is 1. The van der Waals surface area contributed by atoms with Gasteiger partial charge in [-0.3, -0.25) is 4.79 Å². The number of piperidine rings is 1. The highest BCUT2D eigenvalue weighted by molar-refractivity contribution is 5.91. The Bertz CT molecular complexity index is 694. The van der Waals surface area contributed by atoms with Crippen molar-refractivity contribution in [1.29, 1.82) is 0 Å². The molecule has 1 amide bonds. The third-order valence-corrected chi connectivity index (χ3v) is 7.56. The van der Waals surface area contributed by atoms with Crippen LogP contribution in [0, 0.1) is 17.3 Å². The number of benzene rings is 1. The first kappa shape index (κ1) is 17.5. The number of hydrogen-bond acceptors (Lipinski definition) is 3. The van der Waals surface area contributed by atoms with E-state index in [0.29, 0.717) is 18.3 Å². The van der Waals surface area contributed by atoms with Crippen molar-refractivity contribution in [3.05, 3.63) is 24.3 Å². The molecular formula is C23H32N2O2. The Morgan fingerprint density at radius 2 is 1.70 bits per heavy atom. The molecule has 1 aliphatic heterocycles. The van der Waals surface area contributed by atoms with Crippen molar-refractivity contribution in [3.63, 3.8) is 0 Å². The normalized spacial score (nSPS) is 37.4. The van der Waals surface area contributed by atoms with E-state index in [9.17, 15) is 9.90 Å². The molecule has 4 saturated carbocycles. The molecule has 4 aliphatic carbocycles. The molecule has 27 heavy (non-hydrogen) atoms. The minimum absolute atomic E-state index is 0.0384. The van der Waals surface area contributed by atoms with Gasteiger partial charge >= 0.3 is 0 Å². The number of anilines is 2. The Balaban J connectivity index is 1.22. The lowest BCUT2D eigenvalue weighted by Crippen LogP contribution is -2.56. The van der Waals surface area contributed by atoms with Gasteiger partial charge in [-0.05, 0) is 99.3 Å². The summed E-state index contributed by atoms with van der Waals surface area (Å²) in [6.07, 6.45) is 10.7. The van der Waals surface area contributed by atoms with Crippen LogP contribution < -0.4 is 10.2 Å². The molecule has 1 heterocycles. The zero-order valence-electron chi connectivity index (χ0n) is 16.3. The van der Waals surface area contributed by atoms with Crippen LogP contribution in [0.1, 0.15) is 64.2 Å². The van der Waals surface area contributed by atoms with E-state index in [2.05, 4.69) is 22.3 Å². The van der Waals surface area contributed by atoms with Gasteiger partial charge in [-0.2, -0.15) is 0 Å². The predicted molar refractivity (Wildman–Crippen MR) is 108 cm³/mol. The van der Waals surface area contributed by atoms with Crippen LogP contribution >= 0.6 is 0 Å². The van der Waals surface area contributed by atoms with Crippen molar-refractivity contribution in [2.24, 2.45) is 17.3 Å². The molecule has 2 N–H and O–H groups in total. The van der Waals surface area contributed by atoms with E-state index in [1.165, 1.54) is 31.4 Å². The van der Waals surface area contributed by atoms with Gasteiger partial charge in [0, 0.05) is 30.9 Å². The van der Waals surface area contributed by atoms with Crippen LogP contribution in [0.25, 0.3) is 0 Å². The summed E-state index contributed by atoms with van der Waals surface area (Å²) in [5.41, 5.74) is 1.71. The van der Waals surface area contributed by atoms with Crippen molar-refractivity contribution < 1.29 is 9.90 Å². The second-order valence-electron chi connectivity index (χ2n) is 10.0.